The summed E-state index contributed by atoms with van der Waals surface area (Å²) in [6.07, 6.45) is 9.76. The molecule has 2 aliphatic heterocycles. The number of hydrogen-bond donors (Lipinski definition) is 0. The van der Waals surface area contributed by atoms with E-state index in [-0.39, 0.29) is 5.91 Å². The van der Waals surface area contributed by atoms with Crippen LogP contribution in [0.2, 0.25) is 0 Å². The number of anilines is 1. The van der Waals surface area contributed by atoms with Crippen molar-refractivity contribution in [1.29, 1.82) is 0 Å². The number of amides is 1. The zero-order valence-corrected chi connectivity index (χ0v) is 14.2. The van der Waals surface area contributed by atoms with E-state index in [1.54, 1.807) is 18.6 Å². The summed E-state index contributed by atoms with van der Waals surface area (Å²) in [6.45, 7) is 5.75. The van der Waals surface area contributed by atoms with E-state index in [0.717, 1.165) is 31.7 Å². The normalized spacial score (nSPS) is 25.0. The minimum Gasteiger partial charge on any atom is -0.349 e. The number of nitrogens with zero attached hydrogens (tertiary/aromatic N) is 5. The molecule has 0 N–H and O–H groups in total. The summed E-state index contributed by atoms with van der Waals surface area (Å²) < 4.78 is 0. The van der Waals surface area contributed by atoms with Gasteiger partial charge in [-0.05, 0) is 38.8 Å². The van der Waals surface area contributed by atoms with Gasteiger partial charge in [-0.2, -0.15) is 0 Å². The molecule has 0 radical (unpaired) electrons. The Kier molecular flexibility index (Phi) is 5.10. The van der Waals surface area contributed by atoms with Gasteiger partial charge in [0.1, 0.15) is 5.82 Å². The van der Waals surface area contributed by atoms with Gasteiger partial charge in [0.2, 0.25) is 5.91 Å². The van der Waals surface area contributed by atoms with Gasteiger partial charge in [0, 0.05) is 38.1 Å². The second-order valence-electron chi connectivity index (χ2n) is 6.55. The van der Waals surface area contributed by atoms with Crippen molar-refractivity contribution in [2.75, 3.05) is 38.1 Å². The van der Waals surface area contributed by atoms with Gasteiger partial charge < -0.3 is 9.80 Å². The highest BCUT2D eigenvalue weighted by atomic mass is 16.2. The third-order valence-corrected chi connectivity index (χ3v) is 5.20. The van der Waals surface area contributed by atoms with E-state index in [0.29, 0.717) is 18.6 Å². The van der Waals surface area contributed by atoms with E-state index in [4.69, 9.17) is 0 Å². The Bertz CT molecular complexity index is 523. The number of carbonyl (C=O) groups is 1. The molecule has 0 aromatic carbocycles. The topological polar surface area (TPSA) is 52.6 Å². The molecule has 6 nitrogen and oxygen atoms in total. The maximum absolute atomic E-state index is 12.8. The van der Waals surface area contributed by atoms with Crippen molar-refractivity contribution in [3.63, 3.8) is 0 Å². The van der Waals surface area contributed by atoms with Gasteiger partial charge in [-0.15, -0.1) is 0 Å². The third-order valence-electron chi connectivity index (χ3n) is 5.20. The van der Waals surface area contributed by atoms with Crippen molar-refractivity contribution >= 4 is 11.7 Å². The van der Waals surface area contributed by atoms with Gasteiger partial charge in [-0.1, -0.05) is 6.92 Å². The lowest BCUT2D eigenvalue weighted by Gasteiger charge is -2.35. The first-order valence-electron chi connectivity index (χ1n) is 8.71. The van der Waals surface area contributed by atoms with Crippen LogP contribution in [-0.4, -0.2) is 71.0 Å². The molecule has 1 amide bonds. The molecule has 2 aliphatic rings. The van der Waals surface area contributed by atoms with Crippen molar-refractivity contribution in [3.05, 3.63) is 18.6 Å². The number of likely N-dealkylation sites (N-methyl/N-ethyl adjacent to an activating group) is 2. The average Bonchev–Trinajstić information content (AvgIpc) is 3.23. The fourth-order valence-corrected chi connectivity index (χ4v) is 4.05. The second-order valence-corrected chi connectivity index (χ2v) is 6.55. The van der Waals surface area contributed by atoms with Crippen LogP contribution in [0.25, 0.3) is 0 Å². The van der Waals surface area contributed by atoms with Gasteiger partial charge in [0.05, 0.1) is 12.7 Å². The molecule has 3 rings (SSSR count). The van der Waals surface area contributed by atoms with Crippen LogP contribution in [-0.2, 0) is 4.79 Å². The van der Waals surface area contributed by atoms with E-state index < -0.39 is 0 Å². The Morgan fingerprint density at radius 3 is 2.78 bits per heavy atom. The van der Waals surface area contributed by atoms with Gasteiger partial charge >= 0.3 is 0 Å². The summed E-state index contributed by atoms with van der Waals surface area (Å²) in [4.78, 5) is 27.7. The largest absolute Gasteiger partial charge is 0.349 e. The van der Waals surface area contributed by atoms with E-state index in [1.807, 2.05) is 11.9 Å². The molecular weight excluding hydrogens is 290 g/mol. The molecule has 1 aromatic heterocycles. The summed E-state index contributed by atoms with van der Waals surface area (Å²) in [5.74, 6) is 0.955. The molecule has 1 aromatic rings. The number of likely N-dealkylation sites (tertiary alicyclic amines) is 2. The number of rotatable bonds is 5. The standard InChI is InChI=1S/C17H27N5O/c1-3-21-10-4-6-14(21)15-7-5-11-22(15)17(23)13-20(2)16-12-18-8-9-19-16/h8-9,12,14-15H,3-7,10-11,13H2,1-2H3/t14-,15-/m0/s1. The van der Waals surface area contributed by atoms with E-state index >= 15 is 0 Å². The maximum atomic E-state index is 12.8. The molecule has 126 valence electrons. The van der Waals surface area contributed by atoms with Gasteiger partial charge in [0.15, 0.2) is 0 Å². The molecule has 0 aliphatic carbocycles. The van der Waals surface area contributed by atoms with Gasteiger partial charge in [-0.3, -0.25) is 14.7 Å². The third kappa shape index (κ3) is 3.47. The first-order valence-corrected chi connectivity index (χ1v) is 8.71. The summed E-state index contributed by atoms with van der Waals surface area (Å²) in [7, 11) is 1.90. The Morgan fingerprint density at radius 2 is 2.04 bits per heavy atom. The summed E-state index contributed by atoms with van der Waals surface area (Å²) in [5, 5.41) is 0. The molecular formula is C17H27N5O. The lowest BCUT2D eigenvalue weighted by atomic mass is 10.0. The number of aromatic nitrogens is 2. The molecule has 23 heavy (non-hydrogen) atoms. The molecule has 0 bridgehead atoms. The molecule has 2 fully saturated rings. The van der Waals surface area contributed by atoms with E-state index in [1.165, 1.54) is 19.4 Å². The summed E-state index contributed by atoms with van der Waals surface area (Å²) >= 11 is 0. The molecule has 2 atom stereocenters. The van der Waals surface area contributed by atoms with Crippen LogP contribution in [0.15, 0.2) is 18.6 Å². The molecule has 6 heteroatoms. The zero-order valence-electron chi connectivity index (χ0n) is 14.2. The zero-order chi connectivity index (χ0) is 16.2. The highest BCUT2D eigenvalue weighted by molar-refractivity contribution is 5.81. The lowest BCUT2D eigenvalue weighted by Crippen LogP contribution is -2.50. The van der Waals surface area contributed by atoms with Crippen LogP contribution in [0, 0.1) is 0 Å². The van der Waals surface area contributed by atoms with Crippen molar-refractivity contribution < 1.29 is 4.79 Å². The molecule has 0 unspecified atom stereocenters. The van der Waals surface area contributed by atoms with Crippen LogP contribution >= 0.6 is 0 Å². The summed E-state index contributed by atoms with van der Waals surface area (Å²) in [5.41, 5.74) is 0. The fraction of sp³-hybridized carbons (Fsp3) is 0.706. The number of hydrogen-bond acceptors (Lipinski definition) is 5. The molecule has 0 spiro atoms. The number of carbonyl (C=O) groups excluding carboxylic acids is 1. The Morgan fingerprint density at radius 1 is 1.26 bits per heavy atom. The lowest BCUT2D eigenvalue weighted by molar-refractivity contribution is -0.131. The van der Waals surface area contributed by atoms with Crippen molar-refractivity contribution in [2.45, 2.75) is 44.7 Å². The Labute approximate surface area is 138 Å². The summed E-state index contributed by atoms with van der Waals surface area (Å²) in [6, 6.07) is 0.938. The van der Waals surface area contributed by atoms with Crippen LogP contribution in [0.4, 0.5) is 5.82 Å². The van der Waals surface area contributed by atoms with Crippen LogP contribution in [0.1, 0.15) is 32.6 Å². The predicted molar refractivity (Wildman–Crippen MR) is 90.3 cm³/mol. The van der Waals surface area contributed by atoms with Crippen LogP contribution in [0.5, 0.6) is 0 Å². The molecule has 3 heterocycles. The van der Waals surface area contributed by atoms with Crippen molar-refractivity contribution in [3.8, 4) is 0 Å². The van der Waals surface area contributed by atoms with Gasteiger partial charge in [0.25, 0.3) is 0 Å². The highest BCUT2D eigenvalue weighted by Gasteiger charge is 2.39. The quantitative estimate of drug-likeness (QED) is 0.821. The monoisotopic (exact) mass is 317 g/mol. The first-order chi connectivity index (χ1) is 11.2. The van der Waals surface area contributed by atoms with Crippen molar-refractivity contribution in [1.82, 2.24) is 19.8 Å². The van der Waals surface area contributed by atoms with Crippen LogP contribution in [0.3, 0.4) is 0 Å². The molecule has 0 saturated carbocycles. The first kappa shape index (κ1) is 16.2. The van der Waals surface area contributed by atoms with E-state index in [9.17, 15) is 4.79 Å². The Balaban J connectivity index is 1.64. The minimum atomic E-state index is 0.212. The molecule has 2 saturated heterocycles. The second kappa shape index (κ2) is 7.25. The minimum absolute atomic E-state index is 0.212. The van der Waals surface area contributed by atoms with Crippen molar-refractivity contribution in [2.24, 2.45) is 0 Å². The maximum Gasteiger partial charge on any atom is 0.242 e. The Hall–Kier alpha value is -1.69. The SMILES string of the molecule is CCN1CCC[C@H]1[C@@H]1CCCN1C(=O)CN(C)c1cnccn1. The smallest absolute Gasteiger partial charge is 0.242 e. The van der Waals surface area contributed by atoms with Crippen LogP contribution < -0.4 is 4.90 Å². The van der Waals surface area contributed by atoms with Gasteiger partial charge in [-0.25, -0.2) is 4.98 Å². The fourth-order valence-electron chi connectivity index (χ4n) is 4.05. The average molecular weight is 317 g/mol. The highest BCUT2D eigenvalue weighted by Crippen LogP contribution is 2.30. The predicted octanol–water partition coefficient (Wildman–Crippen LogP) is 1.39. The van der Waals surface area contributed by atoms with E-state index in [2.05, 4.69) is 26.7 Å².